The minimum atomic E-state index is -0.310. The van der Waals surface area contributed by atoms with E-state index in [9.17, 15) is 4.79 Å². The molecule has 0 radical (unpaired) electrons. The van der Waals surface area contributed by atoms with Gasteiger partial charge in [0.1, 0.15) is 6.61 Å². The number of esters is 1. The number of ether oxygens (including phenoxy) is 2. The Kier molecular flexibility index (Phi) is 6.95. The van der Waals surface area contributed by atoms with Crippen molar-refractivity contribution in [3.05, 3.63) is 11.3 Å². The minimum absolute atomic E-state index is 0.0941. The minimum Gasteiger partial charge on any atom is -0.460 e. The predicted octanol–water partition coefficient (Wildman–Crippen LogP) is 1.73. The van der Waals surface area contributed by atoms with Gasteiger partial charge in [0.05, 0.1) is 18.2 Å². The fourth-order valence-electron chi connectivity index (χ4n) is 2.12. The second-order valence-electron chi connectivity index (χ2n) is 5.15. The van der Waals surface area contributed by atoms with E-state index in [4.69, 9.17) is 21.7 Å². The Morgan fingerprint density at radius 2 is 2.10 bits per heavy atom. The molecule has 114 valence electrons. The van der Waals surface area contributed by atoms with E-state index in [-0.39, 0.29) is 18.6 Å². The van der Waals surface area contributed by atoms with E-state index in [2.05, 4.69) is 24.5 Å². The van der Waals surface area contributed by atoms with Crippen LogP contribution in [0, 0.1) is 5.92 Å². The first-order valence-electron chi connectivity index (χ1n) is 6.98. The number of rotatable bonds is 7. The molecule has 1 unspecified atom stereocenters. The Bertz CT molecular complexity index is 394. The molecule has 0 saturated carbocycles. The molecule has 5 nitrogen and oxygen atoms in total. The summed E-state index contributed by atoms with van der Waals surface area (Å²) in [5.41, 5.74) is 1.39. The smallest absolute Gasteiger partial charge is 0.337 e. The van der Waals surface area contributed by atoms with E-state index in [1.165, 1.54) is 0 Å². The van der Waals surface area contributed by atoms with E-state index in [1.54, 1.807) is 0 Å². The molecule has 0 saturated heterocycles. The zero-order chi connectivity index (χ0) is 15.1. The molecule has 6 heteroatoms. The number of carbonyl (C=O) groups is 1. The third-order valence-corrected chi connectivity index (χ3v) is 3.17. The highest BCUT2D eigenvalue weighted by molar-refractivity contribution is 7.80. The summed E-state index contributed by atoms with van der Waals surface area (Å²) < 4.78 is 10.4. The maximum Gasteiger partial charge on any atom is 0.337 e. The molecule has 0 aliphatic carbocycles. The standard InChI is InChI=1S/C14H24N2O3S/c1-5-18-6-7-19-13(17)12-10(4)15-14(20)16-11(12)8-9(2)3/h9,11H,5-8H2,1-4H3,(H2,15,16,20). The Labute approximate surface area is 126 Å². The first kappa shape index (κ1) is 16.9. The number of hydrogen-bond acceptors (Lipinski definition) is 4. The fraction of sp³-hybridized carbons (Fsp3) is 0.714. The Morgan fingerprint density at radius 3 is 2.70 bits per heavy atom. The molecule has 0 aromatic carbocycles. The van der Waals surface area contributed by atoms with Crippen molar-refractivity contribution in [2.24, 2.45) is 5.92 Å². The lowest BCUT2D eigenvalue weighted by molar-refractivity contribution is -0.141. The maximum atomic E-state index is 12.2. The highest BCUT2D eigenvalue weighted by Gasteiger charge is 2.29. The van der Waals surface area contributed by atoms with Crippen LogP contribution < -0.4 is 10.6 Å². The summed E-state index contributed by atoms with van der Waals surface area (Å²) in [7, 11) is 0. The summed E-state index contributed by atoms with van der Waals surface area (Å²) in [6.45, 7) is 9.28. The molecule has 1 atom stereocenters. The van der Waals surface area contributed by atoms with Gasteiger partial charge >= 0.3 is 5.97 Å². The lowest BCUT2D eigenvalue weighted by Gasteiger charge is -2.30. The first-order valence-corrected chi connectivity index (χ1v) is 7.39. The summed E-state index contributed by atoms with van der Waals surface area (Å²) >= 11 is 5.15. The van der Waals surface area contributed by atoms with Crippen molar-refractivity contribution in [3.8, 4) is 0 Å². The molecule has 2 N–H and O–H groups in total. The average Bonchev–Trinajstić information content (AvgIpc) is 2.32. The van der Waals surface area contributed by atoms with Gasteiger partial charge in [-0.15, -0.1) is 0 Å². The van der Waals surface area contributed by atoms with Crippen molar-refractivity contribution in [1.29, 1.82) is 0 Å². The molecule has 1 heterocycles. The normalized spacial score (nSPS) is 18.9. The molecule has 0 amide bonds. The van der Waals surface area contributed by atoms with Crippen molar-refractivity contribution in [2.75, 3.05) is 19.8 Å². The fourth-order valence-corrected chi connectivity index (χ4v) is 2.42. The monoisotopic (exact) mass is 300 g/mol. The van der Waals surface area contributed by atoms with Crippen molar-refractivity contribution in [1.82, 2.24) is 10.6 Å². The third kappa shape index (κ3) is 5.09. The van der Waals surface area contributed by atoms with Gasteiger partial charge in [0.15, 0.2) is 5.11 Å². The molecule has 0 fully saturated rings. The molecular weight excluding hydrogens is 276 g/mol. The second kappa shape index (κ2) is 8.21. The molecule has 0 aromatic rings. The number of thiocarbonyl (C=S) groups is 1. The summed E-state index contributed by atoms with van der Waals surface area (Å²) in [6, 6.07) is -0.0941. The molecule has 0 bridgehead atoms. The van der Waals surface area contributed by atoms with Crippen LogP contribution in [0.5, 0.6) is 0 Å². The van der Waals surface area contributed by atoms with Gasteiger partial charge in [0.2, 0.25) is 0 Å². The average molecular weight is 300 g/mol. The maximum absolute atomic E-state index is 12.2. The van der Waals surface area contributed by atoms with Crippen molar-refractivity contribution >= 4 is 23.3 Å². The van der Waals surface area contributed by atoms with Crippen LogP contribution >= 0.6 is 12.2 Å². The molecule has 20 heavy (non-hydrogen) atoms. The molecule has 0 spiro atoms. The van der Waals surface area contributed by atoms with Crippen LogP contribution in [0.4, 0.5) is 0 Å². The number of carbonyl (C=O) groups excluding carboxylic acids is 1. The molecule has 1 rings (SSSR count). The van der Waals surface area contributed by atoms with Gasteiger partial charge in [-0.1, -0.05) is 13.8 Å². The summed E-state index contributed by atoms with van der Waals surface area (Å²) in [5, 5.41) is 6.68. The van der Waals surface area contributed by atoms with Gasteiger partial charge in [0, 0.05) is 12.3 Å². The lowest BCUT2D eigenvalue weighted by Crippen LogP contribution is -2.50. The highest BCUT2D eigenvalue weighted by atomic mass is 32.1. The Hall–Kier alpha value is -1.14. The van der Waals surface area contributed by atoms with Crippen LogP contribution in [0.3, 0.4) is 0 Å². The van der Waals surface area contributed by atoms with Crippen LogP contribution in [0.15, 0.2) is 11.3 Å². The number of allylic oxidation sites excluding steroid dienone is 1. The van der Waals surface area contributed by atoms with E-state index < -0.39 is 0 Å². The first-order chi connectivity index (χ1) is 9.45. The summed E-state index contributed by atoms with van der Waals surface area (Å²) in [4.78, 5) is 12.2. The zero-order valence-electron chi connectivity index (χ0n) is 12.6. The largest absolute Gasteiger partial charge is 0.460 e. The lowest BCUT2D eigenvalue weighted by atomic mass is 9.94. The second-order valence-corrected chi connectivity index (χ2v) is 5.56. The van der Waals surface area contributed by atoms with E-state index in [1.807, 2.05) is 13.8 Å². The molecule has 0 aromatic heterocycles. The van der Waals surface area contributed by atoms with Crippen molar-refractivity contribution < 1.29 is 14.3 Å². The zero-order valence-corrected chi connectivity index (χ0v) is 13.4. The summed E-state index contributed by atoms with van der Waals surface area (Å²) in [6.07, 6.45) is 0.828. The van der Waals surface area contributed by atoms with Crippen LogP contribution in [0.25, 0.3) is 0 Å². The van der Waals surface area contributed by atoms with Crippen LogP contribution in [0.1, 0.15) is 34.1 Å². The topological polar surface area (TPSA) is 59.6 Å². The molecule has 1 aliphatic heterocycles. The third-order valence-electron chi connectivity index (χ3n) is 2.95. The van der Waals surface area contributed by atoms with E-state index in [0.717, 1.165) is 12.1 Å². The SMILES string of the molecule is CCOCCOC(=O)C1=C(C)NC(=S)NC1CC(C)C. The van der Waals surface area contributed by atoms with Crippen LogP contribution in [0.2, 0.25) is 0 Å². The Balaban J connectivity index is 2.72. The van der Waals surface area contributed by atoms with Gasteiger partial charge in [-0.2, -0.15) is 0 Å². The molecular formula is C14H24N2O3S. The van der Waals surface area contributed by atoms with Crippen molar-refractivity contribution in [3.63, 3.8) is 0 Å². The van der Waals surface area contributed by atoms with Crippen molar-refractivity contribution in [2.45, 2.75) is 40.2 Å². The van der Waals surface area contributed by atoms with Gasteiger partial charge in [-0.25, -0.2) is 4.79 Å². The van der Waals surface area contributed by atoms with Crippen LogP contribution in [-0.2, 0) is 14.3 Å². The quantitative estimate of drug-likeness (QED) is 0.424. The van der Waals surface area contributed by atoms with Gasteiger partial charge in [-0.3, -0.25) is 0 Å². The van der Waals surface area contributed by atoms with Gasteiger partial charge in [0.25, 0.3) is 0 Å². The highest BCUT2D eigenvalue weighted by Crippen LogP contribution is 2.20. The Morgan fingerprint density at radius 1 is 1.40 bits per heavy atom. The number of nitrogens with one attached hydrogen (secondary N) is 2. The van der Waals surface area contributed by atoms with Crippen LogP contribution in [-0.4, -0.2) is 36.9 Å². The molecule has 1 aliphatic rings. The number of hydrogen-bond donors (Lipinski definition) is 2. The van der Waals surface area contributed by atoms with E-state index in [0.29, 0.717) is 29.8 Å². The van der Waals surface area contributed by atoms with Gasteiger partial charge in [-0.05, 0) is 38.4 Å². The van der Waals surface area contributed by atoms with E-state index >= 15 is 0 Å². The van der Waals surface area contributed by atoms with Gasteiger partial charge < -0.3 is 20.1 Å². The predicted molar refractivity (Wildman–Crippen MR) is 82.3 cm³/mol. The summed E-state index contributed by atoms with van der Waals surface area (Å²) in [5.74, 6) is 0.141.